The van der Waals surface area contributed by atoms with E-state index < -0.39 is 10.8 Å². The SMILES string of the molecule is c1ccc(-c2ccc(-c3ccc(C(c4ccc(-c5cccc6cc(-c7ccc(-c8ccc(-c9ccc(N(c%10ccc(-c%11ccc%12ccccc%12c%11)cc%10)c%10cccc%11c%10-c%10ccccc%10C%11(c%10ccccc%10)c%10ccccc%10)cc9)cc8)cc7)ccc56)cc4)c4cccc5c4-c4ccccc4C5(c4ccccc4)c4ccccc4)cc3)cc2)cc1. The van der Waals surface area contributed by atoms with Gasteiger partial charge in [0.25, 0.3) is 0 Å². The molecule has 1 heteroatoms. The molecular formula is C119H81N. The standard InChI is InChI=1S/C119H81N/c1-6-25-81(26-7-1)83-47-49-85(50-48-83)88-59-64-93(65-60-88)115(109-41-23-44-112-116(109)107-38-18-20-42-110(107)118(112,99-30-8-2-9-31-99)100-32-10-3-11-33-100)94-66-62-92(63-67-94)105-40-22-29-98-80-97(73-78-106(98)105)90-57-55-86(56-58-90)84-51-53-87(54-52-84)89-69-74-103(75-70-89)120(104-76-71-91(72-77-104)96-68-61-82-27-16-17-28-95(82)79-96)114-46-24-45-113-117(114)108-39-19-21-43-111(108)119(113,101-34-12-4-13-35-101)102-36-14-5-15-37-102/h1-80,115H. The molecule has 0 aromatic heterocycles. The van der Waals surface area contributed by atoms with Crippen molar-refractivity contribution in [1.82, 2.24) is 0 Å². The van der Waals surface area contributed by atoms with Gasteiger partial charge in [-0.1, -0.05) is 443 Å². The van der Waals surface area contributed by atoms with Crippen LogP contribution in [0.25, 0.3) is 122 Å². The van der Waals surface area contributed by atoms with Crippen LogP contribution in [-0.2, 0) is 10.8 Å². The number of hydrogen-bond acceptors (Lipinski definition) is 1. The lowest BCUT2D eigenvalue weighted by atomic mass is 9.67. The van der Waals surface area contributed by atoms with E-state index in [4.69, 9.17) is 0 Å². The number of hydrogen-bond donors (Lipinski definition) is 0. The van der Waals surface area contributed by atoms with Crippen molar-refractivity contribution >= 4 is 38.6 Å². The minimum atomic E-state index is -0.540. The summed E-state index contributed by atoms with van der Waals surface area (Å²) < 4.78 is 0. The molecule has 0 saturated heterocycles. The van der Waals surface area contributed by atoms with Crippen molar-refractivity contribution in [2.24, 2.45) is 0 Å². The summed E-state index contributed by atoms with van der Waals surface area (Å²) in [5, 5.41) is 4.90. The van der Waals surface area contributed by atoms with E-state index in [9.17, 15) is 0 Å². The smallest absolute Gasteiger partial charge is 0.0714 e. The first-order valence-corrected chi connectivity index (χ1v) is 41.8. The van der Waals surface area contributed by atoms with E-state index in [1.807, 2.05) is 0 Å². The fourth-order valence-corrected chi connectivity index (χ4v) is 20.0. The Labute approximate surface area is 702 Å². The highest BCUT2D eigenvalue weighted by molar-refractivity contribution is 6.01. The number of anilines is 3. The highest BCUT2D eigenvalue weighted by Crippen LogP contribution is 2.61. The predicted molar refractivity (Wildman–Crippen MR) is 503 cm³/mol. The first-order chi connectivity index (χ1) is 59.5. The van der Waals surface area contributed by atoms with E-state index in [0.717, 1.165) is 28.2 Å². The number of fused-ring (bicyclic) bond motifs is 8. The lowest BCUT2D eigenvalue weighted by Gasteiger charge is -2.34. The third-order valence-corrected chi connectivity index (χ3v) is 25.6. The van der Waals surface area contributed by atoms with Gasteiger partial charge in [-0.2, -0.15) is 0 Å². The molecule has 0 aliphatic heterocycles. The number of nitrogens with zero attached hydrogens (tertiary/aromatic N) is 1. The molecule has 120 heavy (non-hydrogen) atoms. The zero-order valence-corrected chi connectivity index (χ0v) is 66.2. The Morgan fingerprint density at radius 2 is 0.492 bits per heavy atom. The van der Waals surface area contributed by atoms with Crippen molar-refractivity contribution in [1.29, 1.82) is 0 Å². The monoisotopic (exact) mass is 1520 g/mol. The van der Waals surface area contributed by atoms with Crippen molar-refractivity contribution in [3.8, 4) is 100 Å². The Morgan fingerprint density at radius 1 is 0.183 bits per heavy atom. The topological polar surface area (TPSA) is 3.24 Å². The Morgan fingerprint density at radius 3 is 0.967 bits per heavy atom. The molecule has 0 radical (unpaired) electrons. The second-order valence-electron chi connectivity index (χ2n) is 32.0. The molecule has 0 heterocycles. The van der Waals surface area contributed by atoms with Crippen molar-refractivity contribution < 1.29 is 0 Å². The van der Waals surface area contributed by atoms with Crippen LogP contribution in [0.3, 0.4) is 0 Å². The third-order valence-electron chi connectivity index (χ3n) is 25.6. The summed E-state index contributed by atoms with van der Waals surface area (Å²) in [6, 6.07) is 181. The van der Waals surface area contributed by atoms with Crippen LogP contribution in [0, 0.1) is 0 Å². The normalized spacial score (nSPS) is 12.9. The van der Waals surface area contributed by atoms with Gasteiger partial charge in [-0.05, 0) is 220 Å². The molecule has 2 aliphatic rings. The third kappa shape index (κ3) is 12.2. The van der Waals surface area contributed by atoms with E-state index in [0.29, 0.717) is 0 Å². The van der Waals surface area contributed by atoms with E-state index in [1.54, 1.807) is 0 Å². The molecule has 20 aromatic carbocycles. The average molecular weight is 1520 g/mol. The summed E-state index contributed by atoms with van der Waals surface area (Å²) in [6.07, 6.45) is 0. The minimum absolute atomic E-state index is 0.0901. The van der Waals surface area contributed by atoms with Gasteiger partial charge in [0.2, 0.25) is 0 Å². The molecule has 22 rings (SSSR count). The Kier molecular flexibility index (Phi) is 17.9. The summed E-state index contributed by atoms with van der Waals surface area (Å²) in [5.41, 5.74) is 37.8. The Bertz CT molecular complexity index is 7080. The zero-order chi connectivity index (χ0) is 79.5. The van der Waals surface area contributed by atoms with Gasteiger partial charge in [-0.25, -0.2) is 0 Å². The van der Waals surface area contributed by atoms with E-state index >= 15 is 0 Å². The fourth-order valence-electron chi connectivity index (χ4n) is 20.0. The van der Waals surface area contributed by atoms with Gasteiger partial charge in [0, 0.05) is 22.9 Å². The summed E-state index contributed by atoms with van der Waals surface area (Å²) in [7, 11) is 0. The molecule has 0 fully saturated rings. The van der Waals surface area contributed by atoms with Gasteiger partial charge in [0.05, 0.1) is 16.5 Å². The second-order valence-corrected chi connectivity index (χ2v) is 32.0. The molecule has 562 valence electrons. The lowest BCUT2D eigenvalue weighted by molar-refractivity contribution is 0.767. The molecule has 2 aliphatic carbocycles. The molecule has 1 atom stereocenters. The van der Waals surface area contributed by atoms with Gasteiger partial charge in [-0.3, -0.25) is 0 Å². The van der Waals surface area contributed by atoms with Crippen LogP contribution in [0.4, 0.5) is 17.1 Å². The molecular weight excluding hydrogens is 1440 g/mol. The number of rotatable bonds is 17. The highest BCUT2D eigenvalue weighted by Gasteiger charge is 2.49. The van der Waals surface area contributed by atoms with Gasteiger partial charge in [-0.15, -0.1) is 0 Å². The Hall–Kier alpha value is -15.3. The fraction of sp³-hybridized carbons (Fsp3) is 0.0252. The van der Waals surface area contributed by atoms with Crippen LogP contribution in [0.5, 0.6) is 0 Å². The van der Waals surface area contributed by atoms with Crippen LogP contribution >= 0.6 is 0 Å². The first-order valence-electron chi connectivity index (χ1n) is 41.8. The van der Waals surface area contributed by atoms with Gasteiger partial charge in [0.15, 0.2) is 0 Å². The summed E-state index contributed by atoms with van der Waals surface area (Å²) in [5.74, 6) is -0.0901. The first kappa shape index (κ1) is 71.3. The summed E-state index contributed by atoms with van der Waals surface area (Å²) in [4.78, 5) is 2.47. The largest absolute Gasteiger partial charge is 0.310 e. The van der Waals surface area contributed by atoms with Gasteiger partial charge >= 0.3 is 0 Å². The van der Waals surface area contributed by atoms with Crippen molar-refractivity contribution in [2.45, 2.75) is 16.7 Å². The van der Waals surface area contributed by atoms with Crippen LogP contribution < -0.4 is 4.90 Å². The van der Waals surface area contributed by atoms with E-state index in [1.165, 1.54) is 172 Å². The van der Waals surface area contributed by atoms with Crippen molar-refractivity contribution in [2.75, 3.05) is 4.90 Å². The molecule has 0 saturated carbocycles. The maximum Gasteiger partial charge on any atom is 0.0714 e. The zero-order valence-electron chi connectivity index (χ0n) is 66.2. The molecule has 20 aromatic rings. The van der Waals surface area contributed by atoms with Gasteiger partial charge in [0.1, 0.15) is 0 Å². The summed E-state index contributed by atoms with van der Waals surface area (Å²) in [6.45, 7) is 0. The lowest BCUT2D eigenvalue weighted by Crippen LogP contribution is -2.28. The van der Waals surface area contributed by atoms with Crippen molar-refractivity contribution in [3.63, 3.8) is 0 Å². The van der Waals surface area contributed by atoms with E-state index in [2.05, 4.69) is 490 Å². The summed E-state index contributed by atoms with van der Waals surface area (Å²) >= 11 is 0. The minimum Gasteiger partial charge on any atom is -0.310 e. The van der Waals surface area contributed by atoms with Crippen molar-refractivity contribution in [3.05, 3.63) is 547 Å². The average Bonchev–Trinajstić information content (AvgIpc) is 1.54. The quantitative estimate of drug-likeness (QED) is 0.0822. The van der Waals surface area contributed by atoms with Crippen LogP contribution in [0.2, 0.25) is 0 Å². The van der Waals surface area contributed by atoms with Crippen LogP contribution in [-0.4, -0.2) is 0 Å². The molecule has 0 spiro atoms. The maximum absolute atomic E-state index is 2.47. The van der Waals surface area contributed by atoms with Gasteiger partial charge < -0.3 is 4.90 Å². The van der Waals surface area contributed by atoms with E-state index in [-0.39, 0.29) is 5.92 Å². The predicted octanol–water partition coefficient (Wildman–Crippen LogP) is 31.0. The maximum atomic E-state index is 2.47. The molecule has 0 bridgehead atoms. The molecule has 1 nitrogen and oxygen atoms in total. The highest BCUT2D eigenvalue weighted by atomic mass is 15.1. The van der Waals surface area contributed by atoms with Crippen LogP contribution in [0.15, 0.2) is 485 Å². The Balaban J connectivity index is 0.557. The molecule has 0 amide bonds. The molecule has 0 N–H and O–H groups in total. The van der Waals surface area contributed by atoms with Crippen LogP contribution in [0.1, 0.15) is 67.1 Å². The molecule has 1 unspecified atom stereocenters. The second kappa shape index (κ2) is 30.1. The number of benzene rings is 20.